The summed E-state index contributed by atoms with van der Waals surface area (Å²) in [5, 5.41) is 0. The molecule has 0 unspecified atom stereocenters. The molecule has 0 saturated carbocycles. The number of aromatic nitrogens is 2. The van der Waals surface area contributed by atoms with Crippen LogP contribution in [0, 0.1) is 63.1 Å². The van der Waals surface area contributed by atoms with Crippen LogP contribution in [0.3, 0.4) is 0 Å². The Kier molecular flexibility index (Phi) is 13.3. The van der Waals surface area contributed by atoms with Crippen molar-refractivity contribution in [3.63, 3.8) is 0 Å². The summed E-state index contributed by atoms with van der Waals surface area (Å²) in [4.78, 5) is 0. The topological polar surface area (TPSA) is 9.86 Å². The van der Waals surface area contributed by atoms with Crippen LogP contribution in [0.1, 0.15) is 22.3 Å². The first kappa shape index (κ1) is 33.3. The third kappa shape index (κ3) is 10.2. The van der Waals surface area contributed by atoms with Gasteiger partial charge in [-0.3, -0.25) is 0 Å². The zero-order valence-corrected chi connectivity index (χ0v) is 24.9. The molecular weight excluding hydrogens is 560 g/mol. The molecule has 0 bridgehead atoms. The molecule has 41 heavy (non-hydrogen) atoms. The Morgan fingerprint density at radius 1 is 0.512 bits per heavy atom. The summed E-state index contributed by atoms with van der Waals surface area (Å²) < 4.78 is 55.3. The van der Waals surface area contributed by atoms with Crippen LogP contribution in [0.4, 0.5) is 17.6 Å². The number of benzene rings is 2. The molecule has 2 aromatic heterocycles. The van der Waals surface area contributed by atoms with Gasteiger partial charge in [0.05, 0.1) is 0 Å². The van der Waals surface area contributed by atoms with Gasteiger partial charge in [-0.25, -0.2) is 41.8 Å². The molecule has 0 aliphatic carbocycles. The van der Waals surface area contributed by atoms with Crippen molar-refractivity contribution in [1.82, 2.24) is 9.13 Å². The standard InChI is InChI=1S/2C12H10F2N.2C5H5.Ti/c2*1-8-6-15(7-9(8)2)12-4-3-10(13)5-11(12)14;2*1-2-4-5-3-1;/h2*3-4,6-7H,1-2H3;2*1-5H;/q4*-1;+4. The molecule has 7 heteroatoms. The van der Waals surface area contributed by atoms with E-state index in [-0.39, 0.29) is 21.7 Å². The average Bonchev–Trinajstić information content (AvgIpc) is 3.73. The van der Waals surface area contributed by atoms with Crippen LogP contribution in [0.2, 0.25) is 0 Å². The van der Waals surface area contributed by atoms with E-state index in [1.807, 2.05) is 100 Å². The molecule has 0 saturated heterocycles. The van der Waals surface area contributed by atoms with Crippen molar-refractivity contribution in [2.45, 2.75) is 27.7 Å². The molecule has 0 radical (unpaired) electrons. The van der Waals surface area contributed by atoms with Gasteiger partial charge in [0, 0.05) is 23.3 Å². The first-order valence-corrected chi connectivity index (χ1v) is 12.5. The maximum absolute atomic E-state index is 13.4. The fourth-order valence-electron chi connectivity index (χ4n) is 3.51. The Balaban J connectivity index is 0.000000211. The van der Waals surface area contributed by atoms with Crippen molar-refractivity contribution >= 4 is 0 Å². The Labute approximate surface area is 254 Å². The molecule has 0 fully saturated rings. The van der Waals surface area contributed by atoms with E-state index in [2.05, 4.69) is 0 Å². The molecular formula is C34H30F4N2Ti. The zero-order chi connectivity index (χ0) is 29.1. The molecule has 0 aliphatic rings. The van der Waals surface area contributed by atoms with Gasteiger partial charge < -0.3 is 9.13 Å². The van der Waals surface area contributed by atoms with E-state index in [9.17, 15) is 17.6 Å². The molecule has 6 rings (SSSR count). The summed E-state index contributed by atoms with van der Waals surface area (Å²) >= 11 is 0. The second-order valence-corrected chi connectivity index (χ2v) is 9.00. The van der Waals surface area contributed by atoms with E-state index in [1.165, 1.54) is 24.3 Å². The molecule has 0 N–H and O–H groups in total. The van der Waals surface area contributed by atoms with Gasteiger partial charge in [0.25, 0.3) is 0 Å². The van der Waals surface area contributed by atoms with E-state index in [0.717, 1.165) is 22.3 Å². The van der Waals surface area contributed by atoms with Gasteiger partial charge in [-0.2, -0.15) is 36.4 Å². The largest absolute Gasteiger partial charge is 4.00 e. The number of nitrogens with zero attached hydrogens (tertiary/aromatic N) is 2. The molecule has 0 spiro atoms. The van der Waals surface area contributed by atoms with Crippen LogP contribution in [0.25, 0.3) is 11.4 Å². The van der Waals surface area contributed by atoms with E-state index in [4.69, 9.17) is 0 Å². The maximum atomic E-state index is 13.4. The van der Waals surface area contributed by atoms with Crippen molar-refractivity contribution in [3.05, 3.63) is 167 Å². The molecule has 0 atom stereocenters. The Hall–Kier alpha value is -3.87. The normalized spacial score (nSPS) is 9.76. The van der Waals surface area contributed by atoms with E-state index in [0.29, 0.717) is 11.4 Å². The maximum Gasteiger partial charge on any atom is 4.00 e. The van der Waals surface area contributed by atoms with Crippen LogP contribution in [0.15, 0.2) is 110 Å². The van der Waals surface area contributed by atoms with Crippen LogP contribution >= 0.6 is 0 Å². The summed E-state index contributed by atoms with van der Waals surface area (Å²) in [6.07, 6.45) is 7.22. The zero-order valence-electron chi connectivity index (χ0n) is 23.3. The Morgan fingerprint density at radius 3 is 1.02 bits per heavy atom. The second kappa shape index (κ2) is 16.4. The van der Waals surface area contributed by atoms with Gasteiger partial charge in [0.15, 0.2) is 0 Å². The van der Waals surface area contributed by atoms with E-state index < -0.39 is 23.3 Å². The minimum absolute atomic E-state index is 0. The minimum atomic E-state index is -0.683. The summed E-state index contributed by atoms with van der Waals surface area (Å²) in [5.41, 5.74) is 4.90. The molecule has 0 aliphatic heterocycles. The van der Waals surface area contributed by atoms with Gasteiger partial charge in [0.1, 0.15) is 0 Å². The number of hydrogen-bond donors (Lipinski definition) is 0. The second-order valence-electron chi connectivity index (χ2n) is 9.00. The van der Waals surface area contributed by atoms with Crippen molar-refractivity contribution in [3.8, 4) is 11.4 Å². The number of rotatable bonds is 2. The van der Waals surface area contributed by atoms with E-state index >= 15 is 0 Å². The Bertz CT molecular complexity index is 1390. The van der Waals surface area contributed by atoms with Gasteiger partial charge >= 0.3 is 21.7 Å². The molecule has 6 aromatic rings. The number of halogens is 4. The van der Waals surface area contributed by atoms with Gasteiger partial charge in [0.2, 0.25) is 0 Å². The van der Waals surface area contributed by atoms with Crippen molar-refractivity contribution in [2.75, 3.05) is 0 Å². The molecule has 0 amide bonds. The minimum Gasteiger partial charge on any atom is -0.374 e. The molecule has 2 heterocycles. The predicted octanol–water partition coefficient (Wildman–Crippen LogP) is 9.15. The first-order chi connectivity index (χ1) is 19.2. The van der Waals surface area contributed by atoms with Gasteiger partial charge in [-0.05, 0) is 86.1 Å². The molecule has 208 valence electrons. The van der Waals surface area contributed by atoms with Crippen LogP contribution < -0.4 is 0 Å². The summed E-state index contributed by atoms with van der Waals surface area (Å²) in [5.74, 6) is -2.72. The van der Waals surface area contributed by atoms with Gasteiger partial charge in [-0.1, -0.05) is 0 Å². The summed E-state index contributed by atoms with van der Waals surface area (Å²) in [6, 6.07) is 29.2. The van der Waals surface area contributed by atoms with Crippen molar-refractivity contribution < 1.29 is 39.3 Å². The van der Waals surface area contributed by atoms with Gasteiger partial charge in [-0.15, -0.1) is 36.4 Å². The summed E-state index contributed by atoms with van der Waals surface area (Å²) in [7, 11) is 0. The third-order valence-corrected chi connectivity index (χ3v) is 5.93. The predicted molar refractivity (Wildman–Crippen MR) is 152 cm³/mol. The Morgan fingerprint density at radius 2 is 0.805 bits per heavy atom. The van der Waals surface area contributed by atoms with Crippen LogP contribution in [-0.4, -0.2) is 9.13 Å². The third-order valence-electron chi connectivity index (χ3n) is 5.93. The smallest absolute Gasteiger partial charge is 0.374 e. The number of aryl methyl sites for hydroxylation is 4. The average molecular weight is 590 g/mol. The van der Waals surface area contributed by atoms with Crippen molar-refractivity contribution in [1.29, 1.82) is 0 Å². The van der Waals surface area contributed by atoms with Crippen molar-refractivity contribution in [2.24, 2.45) is 0 Å². The monoisotopic (exact) mass is 590 g/mol. The fourth-order valence-corrected chi connectivity index (χ4v) is 3.51. The van der Waals surface area contributed by atoms with Crippen LogP contribution in [0.5, 0.6) is 0 Å². The number of hydrogen-bond acceptors (Lipinski definition) is 0. The molecule has 2 nitrogen and oxygen atoms in total. The quantitative estimate of drug-likeness (QED) is 0.108. The SMILES string of the molecule is Cc1cn(-c2ccc(F)[c-]c2F)cc1C.Cc1cn(-c2ccc(F)[c-]c2F)cc1C.[Ti+4].c1cc[cH-]c1.c1cc[cH-]c1. The summed E-state index contributed by atoms with van der Waals surface area (Å²) in [6.45, 7) is 7.77. The molecule has 4 aromatic carbocycles. The van der Waals surface area contributed by atoms with Crippen LogP contribution in [-0.2, 0) is 21.7 Å². The fraction of sp³-hybridized carbons (Fsp3) is 0.118. The van der Waals surface area contributed by atoms with E-state index in [1.54, 1.807) is 33.9 Å². The first-order valence-electron chi connectivity index (χ1n) is 12.5.